The van der Waals surface area contributed by atoms with Crippen LogP contribution in [0.5, 0.6) is 5.88 Å². The van der Waals surface area contributed by atoms with Gasteiger partial charge in [0.2, 0.25) is 11.8 Å². The minimum atomic E-state index is -0.568. The van der Waals surface area contributed by atoms with Crippen molar-refractivity contribution in [1.82, 2.24) is 15.2 Å². The normalized spacial score (nSPS) is 29.2. The Labute approximate surface area is 193 Å². The first-order valence-electron chi connectivity index (χ1n) is 10.6. The van der Waals surface area contributed by atoms with E-state index in [1.54, 1.807) is 18.3 Å². The van der Waals surface area contributed by atoms with Crippen LogP contribution in [0.25, 0.3) is 0 Å². The number of amides is 4. The van der Waals surface area contributed by atoms with Gasteiger partial charge in [0.1, 0.15) is 11.7 Å². The number of hydrogen-bond acceptors (Lipinski definition) is 5. The van der Waals surface area contributed by atoms with Gasteiger partial charge in [0.15, 0.2) is 0 Å². The lowest BCUT2D eigenvalue weighted by Crippen LogP contribution is -2.64. The maximum absolute atomic E-state index is 12.8. The van der Waals surface area contributed by atoms with Crippen LogP contribution in [0.2, 0.25) is 0 Å². The summed E-state index contributed by atoms with van der Waals surface area (Å²) in [5.74, 6) is -0.438. The number of imide groups is 1. The molecule has 5 rings (SSSR count). The maximum Gasteiger partial charge on any atom is 0.324 e. The molecule has 3 aliphatic rings. The number of rotatable bonds is 5. The van der Waals surface area contributed by atoms with Crippen molar-refractivity contribution in [2.45, 2.75) is 50.3 Å². The van der Waals surface area contributed by atoms with Gasteiger partial charge in [-0.2, -0.15) is 0 Å². The van der Waals surface area contributed by atoms with Gasteiger partial charge in [-0.1, -0.05) is 28.1 Å². The van der Waals surface area contributed by atoms with Crippen LogP contribution in [-0.2, 0) is 4.79 Å². The van der Waals surface area contributed by atoms with Gasteiger partial charge >= 0.3 is 6.03 Å². The van der Waals surface area contributed by atoms with Crippen LogP contribution in [0, 0.1) is 5.41 Å². The number of carbonyl (C=O) groups is 3. The number of urea groups is 1. The molecule has 1 spiro atoms. The number of hydrogen-bond donors (Lipinski definition) is 2. The Bertz CT molecular complexity index is 1070. The second kappa shape index (κ2) is 7.88. The molecule has 2 heterocycles. The predicted octanol–water partition coefficient (Wildman–Crippen LogP) is 3.32. The van der Waals surface area contributed by atoms with Gasteiger partial charge in [0.05, 0.1) is 12.5 Å². The highest BCUT2D eigenvalue weighted by atomic mass is 79.9. The molecule has 2 saturated carbocycles. The van der Waals surface area contributed by atoms with Gasteiger partial charge in [-0.05, 0) is 60.9 Å². The van der Waals surface area contributed by atoms with Crippen LogP contribution >= 0.6 is 15.9 Å². The van der Waals surface area contributed by atoms with E-state index in [1.165, 1.54) is 4.90 Å². The van der Waals surface area contributed by atoms with Gasteiger partial charge in [0.25, 0.3) is 5.91 Å². The SMILES string of the molecule is NC(=O)c1cccnc1OC1CC2(C1)CC(N1C(=O)C[C@H](c3cccc(Br)c3)NC1=O)C2. The maximum atomic E-state index is 12.8. The van der Waals surface area contributed by atoms with E-state index in [1.807, 2.05) is 24.3 Å². The molecule has 2 aromatic rings. The van der Waals surface area contributed by atoms with Gasteiger partial charge in [0, 0.05) is 16.7 Å². The average Bonchev–Trinajstić information content (AvgIpc) is 2.69. The minimum Gasteiger partial charge on any atom is -0.474 e. The quantitative estimate of drug-likeness (QED) is 0.655. The summed E-state index contributed by atoms with van der Waals surface area (Å²) in [5, 5.41) is 2.98. The van der Waals surface area contributed by atoms with Gasteiger partial charge < -0.3 is 15.8 Å². The summed E-state index contributed by atoms with van der Waals surface area (Å²) < 4.78 is 6.81. The molecule has 8 nitrogen and oxygen atoms in total. The Hall–Kier alpha value is -2.94. The van der Waals surface area contributed by atoms with Crippen LogP contribution in [0.1, 0.15) is 54.1 Å². The zero-order chi connectivity index (χ0) is 22.5. The highest BCUT2D eigenvalue weighted by Crippen LogP contribution is 2.58. The number of nitrogens with zero attached hydrogens (tertiary/aromatic N) is 2. The van der Waals surface area contributed by atoms with Crippen molar-refractivity contribution in [1.29, 1.82) is 0 Å². The van der Waals surface area contributed by atoms with Gasteiger partial charge in [-0.25, -0.2) is 9.78 Å². The van der Waals surface area contributed by atoms with Gasteiger partial charge in [-0.15, -0.1) is 0 Å². The topological polar surface area (TPSA) is 115 Å². The summed E-state index contributed by atoms with van der Waals surface area (Å²) in [5.41, 5.74) is 6.65. The van der Waals surface area contributed by atoms with E-state index in [-0.39, 0.29) is 53.4 Å². The predicted molar refractivity (Wildman–Crippen MR) is 119 cm³/mol. The largest absolute Gasteiger partial charge is 0.474 e. The third-order valence-corrected chi connectivity index (χ3v) is 7.25. The summed E-state index contributed by atoms with van der Waals surface area (Å²) in [6.07, 6.45) is 4.95. The first-order valence-corrected chi connectivity index (χ1v) is 11.4. The highest BCUT2D eigenvalue weighted by molar-refractivity contribution is 9.10. The van der Waals surface area contributed by atoms with E-state index in [0.717, 1.165) is 35.7 Å². The number of pyridine rings is 1. The molecule has 166 valence electrons. The van der Waals surface area contributed by atoms with Gasteiger partial charge in [-0.3, -0.25) is 14.5 Å². The Morgan fingerprint density at radius 2 is 1.97 bits per heavy atom. The third-order valence-electron chi connectivity index (χ3n) is 6.75. The summed E-state index contributed by atoms with van der Waals surface area (Å²) >= 11 is 3.43. The first-order chi connectivity index (χ1) is 15.3. The van der Waals surface area contributed by atoms with Crippen molar-refractivity contribution < 1.29 is 19.1 Å². The second-order valence-corrected chi connectivity index (χ2v) is 9.87. The molecule has 0 radical (unpaired) electrons. The van der Waals surface area contributed by atoms with Crippen LogP contribution in [-0.4, -0.2) is 39.9 Å². The number of aromatic nitrogens is 1. The van der Waals surface area contributed by atoms with Crippen molar-refractivity contribution in [2.24, 2.45) is 11.1 Å². The molecule has 3 fully saturated rings. The van der Waals surface area contributed by atoms with Crippen LogP contribution < -0.4 is 15.8 Å². The molecule has 1 aliphatic heterocycles. The minimum absolute atomic E-state index is 0.0456. The number of nitrogens with two attached hydrogens (primary N) is 1. The van der Waals surface area contributed by atoms with Crippen LogP contribution in [0.15, 0.2) is 47.1 Å². The molecule has 1 aromatic heterocycles. The molecule has 9 heteroatoms. The Kier molecular flexibility index (Phi) is 5.16. The number of halogens is 1. The van der Waals surface area contributed by atoms with E-state index in [4.69, 9.17) is 10.5 Å². The molecule has 0 bridgehead atoms. The molecule has 1 saturated heterocycles. The van der Waals surface area contributed by atoms with E-state index < -0.39 is 5.91 Å². The summed E-state index contributed by atoms with van der Waals surface area (Å²) in [4.78, 5) is 42.6. The van der Waals surface area contributed by atoms with Crippen molar-refractivity contribution in [3.05, 3.63) is 58.2 Å². The molecule has 3 N–H and O–H groups in total. The number of benzene rings is 1. The van der Waals surface area contributed by atoms with E-state index in [2.05, 4.69) is 26.2 Å². The Morgan fingerprint density at radius 1 is 1.19 bits per heavy atom. The van der Waals surface area contributed by atoms with Crippen molar-refractivity contribution in [2.75, 3.05) is 0 Å². The van der Waals surface area contributed by atoms with E-state index in [9.17, 15) is 14.4 Å². The monoisotopic (exact) mass is 498 g/mol. The number of primary amides is 1. The molecular formula is C23H23BrN4O4. The molecule has 32 heavy (non-hydrogen) atoms. The summed E-state index contributed by atoms with van der Waals surface area (Å²) in [7, 11) is 0. The second-order valence-electron chi connectivity index (χ2n) is 8.96. The van der Waals surface area contributed by atoms with Crippen LogP contribution in [0.3, 0.4) is 0 Å². The lowest BCUT2D eigenvalue weighted by molar-refractivity contribution is -0.145. The third kappa shape index (κ3) is 3.74. The fraction of sp³-hybridized carbons (Fsp3) is 0.391. The molecule has 4 amide bonds. The molecule has 1 aromatic carbocycles. The molecular weight excluding hydrogens is 476 g/mol. The fourth-order valence-corrected chi connectivity index (χ4v) is 5.64. The van der Waals surface area contributed by atoms with E-state index in [0.29, 0.717) is 0 Å². The Morgan fingerprint density at radius 3 is 2.66 bits per heavy atom. The number of ether oxygens (including phenoxy) is 1. The average molecular weight is 499 g/mol. The van der Waals surface area contributed by atoms with Crippen LogP contribution in [0.4, 0.5) is 4.79 Å². The fourth-order valence-electron chi connectivity index (χ4n) is 5.23. The molecule has 2 aliphatic carbocycles. The molecule has 0 unspecified atom stereocenters. The highest BCUT2D eigenvalue weighted by Gasteiger charge is 2.57. The van der Waals surface area contributed by atoms with Crippen molar-refractivity contribution in [3.63, 3.8) is 0 Å². The zero-order valence-corrected chi connectivity index (χ0v) is 18.9. The summed E-state index contributed by atoms with van der Waals surface area (Å²) in [6, 6.07) is 10.2. The number of nitrogens with one attached hydrogen (secondary N) is 1. The van der Waals surface area contributed by atoms with Crippen molar-refractivity contribution >= 4 is 33.8 Å². The zero-order valence-electron chi connectivity index (χ0n) is 17.3. The lowest BCUT2D eigenvalue weighted by Gasteiger charge is -2.59. The standard InChI is InChI=1S/C23H23BrN4O4/c24-14-4-1-3-13(7-14)18-8-19(29)28(22(31)27-18)15-9-23(10-15)11-16(12-23)32-21-17(20(25)30)5-2-6-26-21/h1-7,15-16,18H,8-12H2,(H2,25,30)(H,27,31)/t15?,16?,18-,23?/m1/s1. The van der Waals surface area contributed by atoms with Crippen molar-refractivity contribution in [3.8, 4) is 5.88 Å². The Balaban J connectivity index is 1.16. The number of carbonyl (C=O) groups excluding carboxylic acids is 3. The van der Waals surface area contributed by atoms with E-state index >= 15 is 0 Å². The smallest absolute Gasteiger partial charge is 0.324 e. The first kappa shape index (κ1) is 20.9. The molecule has 1 atom stereocenters. The summed E-state index contributed by atoms with van der Waals surface area (Å²) in [6.45, 7) is 0. The lowest BCUT2D eigenvalue weighted by atomic mass is 9.52.